The molecular formula is C27H38N2O2. The molecule has 4 nitrogen and oxygen atoms in total. The maximum Gasteiger partial charge on any atom is 0.125 e. The van der Waals surface area contributed by atoms with E-state index in [-0.39, 0.29) is 0 Å². The van der Waals surface area contributed by atoms with Crippen LogP contribution in [0.3, 0.4) is 0 Å². The van der Waals surface area contributed by atoms with E-state index in [1.54, 1.807) is 0 Å². The van der Waals surface area contributed by atoms with Gasteiger partial charge in [-0.2, -0.15) is 0 Å². The number of likely N-dealkylation sites (N-methyl/N-ethyl adjacent to an activating group) is 2. The third-order valence-corrected chi connectivity index (χ3v) is 6.71. The van der Waals surface area contributed by atoms with Gasteiger partial charge in [-0.15, -0.1) is 0 Å². The van der Waals surface area contributed by atoms with Gasteiger partial charge in [0.1, 0.15) is 23.7 Å². The molecule has 1 unspecified atom stereocenters. The number of nitrogens with zero attached hydrogens (tertiary/aromatic N) is 2. The van der Waals surface area contributed by atoms with Crippen LogP contribution in [0.1, 0.15) is 46.2 Å². The van der Waals surface area contributed by atoms with Gasteiger partial charge in [0, 0.05) is 26.2 Å². The van der Waals surface area contributed by atoms with Crippen molar-refractivity contribution in [3.8, 4) is 11.5 Å². The highest BCUT2D eigenvalue weighted by Gasteiger charge is 2.23. The number of benzene rings is 2. The van der Waals surface area contributed by atoms with E-state index in [1.165, 1.54) is 33.4 Å². The van der Waals surface area contributed by atoms with Crippen molar-refractivity contribution in [2.45, 2.75) is 59.2 Å². The van der Waals surface area contributed by atoms with Crippen molar-refractivity contribution in [3.63, 3.8) is 0 Å². The Hall–Kier alpha value is -2.04. The molecule has 2 aromatic rings. The van der Waals surface area contributed by atoms with Gasteiger partial charge in [-0.3, -0.25) is 0 Å². The van der Waals surface area contributed by atoms with Crippen LogP contribution in [0, 0.1) is 27.7 Å². The summed E-state index contributed by atoms with van der Waals surface area (Å²) in [4.78, 5) is 4.68. The Morgan fingerprint density at radius 2 is 1.03 bits per heavy atom. The monoisotopic (exact) mass is 422 g/mol. The van der Waals surface area contributed by atoms with E-state index in [9.17, 15) is 0 Å². The molecule has 0 radical (unpaired) electrons. The van der Waals surface area contributed by atoms with Crippen molar-refractivity contribution >= 4 is 0 Å². The number of ether oxygens (including phenoxy) is 2. The largest absolute Gasteiger partial charge is 0.488 e. The summed E-state index contributed by atoms with van der Waals surface area (Å²) < 4.78 is 12.8. The van der Waals surface area contributed by atoms with Crippen LogP contribution in [-0.4, -0.2) is 62.3 Å². The van der Waals surface area contributed by atoms with E-state index < -0.39 is 0 Å². The summed E-state index contributed by atoms with van der Waals surface area (Å²) in [6.07, 6.45) is 3.78. The molecule has 2 heterocycles. The summed E-state index contributed by atoms with van der Waals surface area (Å²) in [5.74, 6) is 2.14. The van der Waals surface area contributed by atoms with E-state index in [2.05, 4.69) is 75.9 Å². The summed E-state index contributed by atoms with van der Waals surface area (Å²) >= 11 is 0. The topological polar surface area (TPSA) is 24.9 Å². The molecule has 0 bridgehead atoms. The predicted molar refractivity (Wildman–Crippen MR) is 128 cm³/mol. The molecule has 2 aromatic carbocycles. The van der Waals surface area contributed by atoms with Gasteiger partial charge in [-0.05, 0) is 94.4 Å². The van der Waals surface area contributed by atoms with Gasteiger partial charge >= 0.3 is 0 Å². The lowest BCUT2D eigenvalue weighted by molar-refractivity contribution is 0.205. The molecule has 0 N–H and O–H groups in total. The fraction of sp³-hybridized carbons (Fsp3) is 0.556. The fourth-order valence-electron chi connectivity index (χ4n) is 5.21. The molecule has 0 spiro atoms. The average Bonchev–Trinajstić information content (AvgIpc) is 3.29. The van der Waals surface area contributed by atoms with Crippen molar-refractivity contribution in [1.29, 1.82) is 0 Å². The Kier molecular flexibility index (Phi) is 6.59. The van der Waals surface area contributed by atoms with E-state index in [0.717, 1.165) is 56.9 Å². The zero-order valence-electron chi connectivity index (χ0n) is 20.1. The summed E-state index contributed by atoms with van der Waals surface area (Å²) in [7, 11) is 4.33. The van der Waals surface area contributed by atoms with Crippen molar-refractivity contribution in [1.82, 2.24) is 9.80 Å². The lowest BCUT2D eigenvalue weighted by atomic mass is 9.97. The molecule has 2 aliphatic rings. The van der Waals surface area contributed by atoms with E-state index >= 15 is 0 Å². The number of aryl methyl sites for hydroxylation is 4. The van der Waals surface area contributed by atoms with Crippen LogP contribution in [0.2, 0.25) is 0 Å². The first-order valence-corrected chi connectivity index (χ1v) is 11.7. The Balaban J connectivity index is 1.47. The maximum atomic E-state index is 6.38. The molecule has 0 aliphatic carbocycles. The molecule has 4 heteroatoms. The highest BCUT2D eigenvalue weighted by molar-refractivity contribution is 5.48. The van der Waals surface area contributed by atoms with Gasteiger partial charge in [0.15, 0.2) is 0 Å². The summed E-state index contributed by atoms with van der Waals surface area (Å²) in [6.45, 7) is 13.0. The third-order valence-electron chi connectivity index (χ3n) is 6.71. The smallest absolute Gasteiger partial charge is 0.125 e. The molecule has 31 heavy (non-hydrogen) atoms. The Morgan fingerprint density at radius 1 is 0.677 bits per heavy atom. The molecular weight excluding hydrogens is 384 g/mol. The molecule has 0 amide bonds. The molecule has 4 rings (SSSR count). The first kappa shape index (κ1) is 22.2. The zero-order valence-corrected chi connectivity index (χ0v) is 20.1. The molecule has 0 aromatic heterocycles. The van der Waals surface area contributed by atoms with Crippen molar-refractivity contribution < 1.29 is 9.47 Å². The molecule has 168 valence electrons. The quantitative estimate of drug-likeness (QED) is 0.675. The molecule has 2 atom stereocenters. The van der Waals surface area contributed by atoms with Crippen molar-refractivity contribution in [2.75, 3.05) is 40.3 Å². The van der Waals surface area contributed by atoms with Crippen molar-refractivity contribution in [3.05, 3.63) is 57.6 Å². The van der Waals surface area contributed by atoms with Crippen LogP contribution in [0.5, 0.6) is 11.5 Å². The zero-order chi connectivity index (χ0) is 22.1. The van der Waals surface area contributed by atoms with Crippen molar-refractivity contribution in [2.24, 2.45) is 0 Å². The second-order valence-corrected chi connectivity index (χ2v) is 9.88. The number of hydrogen-bond donors (Lipinski definition) is 0. The third kappa shape index (κ3) is 5.24. The van der Waals surface area contributed by atoms with Crippen LogP contribution in [0.4, 0.5) is 0 Å². The van der Waals surface area contributed by atoms with Crippen LogP contribution in [0.25, 0.3) is 0 Å². The Morgan fingerprint density at radius 3 is 1.32 bits per heavy atom. The first-order chi connectivity index (χ1) is 14.8. The highest BCUT2D eigenvalue weighted by atomic mass is 16.5. The minimum absolute atomic E-state index is 0.311. The fourth-order valence-corrected chi connectivity index (χ4v) is 5.21. The minimum atomic E-state index is 0.311. The SMILES string of the molecule is Cc1cc(Cc2cc(C)c(O[C@H]3CCN(C)C3)c(C)c2)cc(C)c1OC1CCN(C)C1. The summed E-state index contributed by atoms with van der Waals surface area (Å²) in [5, 5.41) is 0. The lowest BCUT2D eigenvalue weighted by Crippen LogP contribution is -2.22. The molecule has 0 saturated carbocycles. The second-order valence-electron chi connectivity index (χ2n) is 9.88. The molecule has 2 aliphatic heterocycles. The standard InChI is InChI=1S/C27H38N2O2/c1-18-11-22(12-19(2)26(18)30-24-7-9-28(5)16-24)15-23-13-20(3)27(21(4)14-23)31-25-8-10-29(6)17-25/h11-14,24-25H,7-10,15-17H2,1-6H3/t24-,25?/m0/s1. The Bertz CT molecular complexity index is 817. The van der Waals surface area contributed by atoms with Crippen LogP contribution >= 0.6 is 0 Å². The number of hydrogen-bond acceptors (Lipinski definition) is 4. The second kappa shape index (κ2) is 9.22. The summed E-state index contributed by atoms with van der Waals surface area (Å²) in [6, 6.07) is 9.18. The normalized spacial score (nSPS) is 22.3. The van der Waals surface area contributed by atoms with Gasteiger partial charge in [-0.25, -0.2) is 0 Å². The maximum absolute atomic E-state index is 6.38. The number of rotatable bonds is 6. The lowest BCUT2D eigenvalue weighted by Gasteiger charge is -2.20. The van der Waals surface area contributed by atoms with Gasteiger partial charge in [-0.1, -0.05) is 24.3 Å². The predicted octanol–water partition coefficient (Wildman–Crippen LogP) is 4.68. The number of likely N-dealkylation sites (tertiary alicyclic amines) is 2. The van der Waals surface area contributed by atoms with Gasteiger partial charge < -0.3 is 19.3 Å². The first-order valence-electron chi connectivity index (χ1n) is 11.7. The minimum Gasteiger partial charge on any atom is -0.488 e. The average molecular weight is 423 g/mol. The van der Waals surface area contributed by atoms with Gasteiger partial charge in [0.25, 0.3) is 0 Å². The Labute approximate surface area is 188 Å². The van der Waals surface area contributed by atoms with Gasteiger partial charge in [0.05, 0.1) is 0 Å². The highest BCUT2D eigenvalue weighted by Crippen LogP contribution is 2.31. The van der Waals surface area contributed by atoms with Gasteiger partial charge in [0.2, 0.25) is 0 Å². The van der Waals surface area contributed by atoms with Crippen LogP contribution in [0.15, 0.2) is 24.3 Å². The van der Waals surface area contributed by atoms with E-state index in [0.29, 0.717) is 12.2 Å². The van der Waals surface area contributed by atoms with E-state index in [1.807, 2.05) is 0 Å². The van der Waals surface area contributed by atoms with E-state index in [4.69, 9.17) is 9.47 Å². The molecule has 2 saturated heterocycles. The molecule has 2 fully saturated rings. The van der Waals surface area contributed by atoms with Crippen LogP contribution < -0.4 is 9.47 Å². The summed E-state index contributed by atoms with van der Waals surface area (Å²) in [5.41, 5.74) is 7.64. The van der Waals surface area contributed by atoms with Crippen LogP contribution in [-0.2, 0) is 6.42 Å².